The zero-order valence-electron chi connectivity index (χ0n) is 35.4. The van der Waals surface area contributed by atoms with Crippen molar-refractivity contribution in [3.63, 3.8) is 0 Å². The lowest BCUT2D eigenvalue weighted by Gasteiger charge is -2.14. The number of benzene rings is 2. The van der Waals surface area contributed by atoms with Crippen LogP contribution in [0.2, 0.25) is 0 Å². The fourth-order valence-corrected chi connectivity index (χ4v) is 6.47. The Labute approximate surface area is 395 Å². The van der Waals surface area contributed by atoms with Crippen molar-refractivity contribution in [2.45, 2.75) is 39.9 Å². The van der Waals surface area contributed by atoms with Crippen molar-refractivity contribution < 1.29 is 37.3 Å². The molecule has 2 N–H and O–H groups in total. The van der Waals surface area contributed by atoms with Gasteiger partial charge in [-0.1, -0.05) is 0 Å². The van der Waals surface area contributed by atoms with Crippen LogP contribution >= 0.6 is 31.9 Å². The average Bonchev–Trinajstić information content (AvgIpc) is 3.90. The second-order valence-corrected chi connectivity index (χ2v) is 15.3. The van der Waals surface area contributed by atoms with Gasteiger partial charge < -0.3 is 24.3 Å². The second kappa shape index (κ2) is 23.5. The Morgan fingerprint density at radius 1 is 0.627 bits per heavy atom. The molecular formula is C44H38Br2F2N10O9. The van der Waals surface area contributed by atoms with E-state index in [-0.39, 0.29) is 36.3 Å². The summed E-state index contributed by atoms with van der Waals surface area (Å²) in [5, 5.41) is 16.0. The summed E-state index contributed by atoms with van der Waals surface area (Å²) >= 11 is 6.06. The molecular weight excluding hydrogens is 1010 g/mol. The van der Waals surface area contributed by atoms with E-state index in [2.05, 4.69) is 67.5 Å². The number of ether oxygens (including phenoxy) is 4. The number of amides is 2. The first kappa shape index (κ1) is 48.8. The number of hydrogen-bond donors (Lipinski definition) is 2. The number of rotatable bonds is 11. The standard InChI is InChI=1S/C20H17FN4O4.C15H14N2O3.C5H4BrFN2O.C4H3BrN2O/c1-28-16-3-2-14(22-9-16)11-29-15-4-5-17-13(8-15)10-24(20(17)27)18-6-7-19(26)25(12-21)23-18;1-19-13-3-2-11(16-8-13)9-20-12-4-5-14-10(6-12)7-17-15(14)18;6-4-1-2-5(10)9(3-7)8-4;5-3-1-2-4(8)7-6-3/h2-9H,10-12H2,1H3;2-6,8H,7,9H2,1H3,(H,17,18);1-2H,3H2;1-2H,(H,7,8). The molecule has 67 heavy (non-hydrogen) atoms. The van der Waals surface area contributed by atoms with Gasteiger partial charge in [0.05, 0.1) is 44.5 Å². The molecule has 7 aromatic rings. The predicted octanol–water partition coefficient (Wildman–Crippen LogP) is 5.69. The zero-order chi connectivity index (χ0) is 47.9. The molecule has 0 spiro atoms. The number of aromatic nitrogens is 8. The number of methoxy groups -OCH3 is 2. The molecule has 0 fully saturated rings. The van der Waals surface area contributed by atoms with Crippen LogP contribution in [0.15, 0.2) is 133 Å². The van der Waals surface area contributed by atoms with Crippen LogP contribution in [0.3, 0.4) is 0 Å². The van der Waals surface area contributed by atoms with E-state index < -0.39 is 24.7 Å². The van der Waals surface area contributed by atoms with E-state index in [1.807, 2.05) is 24.3 Å². The number of halogens is 4. The number of nitrogens with zero attached hydrogens (tertiary/aromatic N) is 8. The van der Waals surface area contributed by atoms with Crippen molar-refractivity contribution in [3.05, 3.63) is 183 Å². The van der Waals surface area contributed by atoms with Gasteiger partial charge in [0.15, 0.2) is 19.4 Å². The van der Waals surface area contributed by atoms with Crippen LogP contribution in [-0.4, -0.2) is 65.8 Å². The Bertz CT molecular complexity index is 2990. The van der Waals surface area contributed by atoms with Crippen LogP contribution in [0.1, 0.15) is 43.2 Å². The van der Waals surface area contributed by atoms with Gasteiger partial charge in [0.25, 0.3) is 28.5 Å². The maximum Gasteiger partial charge on any atom is 0.269 e. The molecule has 346 valence electrons. The van der Waals surface area contributed by atoms with Gasteiger partial charge in [-0.05, 0) is 122 Å². The number of carbonyl (C=O) groups is 2. The maximum atomic E-state index is 12.9. The van der Waals surface area contributed by atoms with Gasteiger partial charge in [0, 0.05) is 35.9 Å². The van der Waals surface area contributed by atoms with E-state index in [0.717, 1.165) is 44.3 Å². The molecule has 19 nitrogen and oxygen atoms in total. The normalized spacial score (nSPS) is 11.9. The number of H-pyrrole nitrogens is 1. The summed E-state index contributed by atoms with van der Waals surface area (Å²) < 4.78 is 48.8. The van der Waals surface area contributed by atoms with Gasteiger partial charge in [-0.25, -0.2) is 13.9 Å². The SMILES string of the molecule is COc1ccc(COc2ccc3c(c2)CN(c2ccc(=O)n(CF)n2)C3=O)nc1.COc1ccc(COc2ccc3c(c2)CNC3=O)nc1.O=c1ccc(Br)n[nH]1.O=c1ccc(Br)nn1CF. The van der Waals surface area contributed by atoms with E-state index in [4.69, 9.17) is 18.9 Å². The first-order valence-corrected chi connectivity index (χ1v) is 21.2. The summed E-state index contributed by atoms with van der Waals surface area (Å²) in [4.78, 5) is 66.4. The van der Waals surface area contributed by atoms with Crippen LogP contribution in [0.4, 0.5) is 14.6 Å². The molecule has 0 aliphatic carbocycles. The molecule has 5 aromatic heterocycles. The fraction of sp³-hybridized carbons (Fsp3) is 0.182. The molecule has 2 aliphatic rings. The molecule has 0 atom stereocenters. The van der Waals surface area contributed by atoms with Gasteiger partial charge in [0.1, 0.15) is 45.4 Å². The predicted molar refractivity (Wildman–Crippen MR) is 244 cm³/mol. The summed E-state index contributed by atoms with van der Waals surface area (Å²) in [6, 6.07) is 26.2. The van der Waals surface area contributed by atoms with Crippen LogP contribution in [0.25, 0.3) is 0 Å². The number of hydrogen-bond acceptors (Lipinski definition) is 14. The lowest BCUT2D eigenvalue weighted by molar-refractivity contribution is 0.0963. The lowest BCUT2D eigenvalue weighted by Crippen LogP contribution is -2.28. The van der Waals surface area contributed by atoms with E-state index in [9.17, 15) is 32.8 Å². The minimum absolute atomic E-state index is 0.0247. The van der Waals surface area contributed by atoms with Crippen molar-refractivity contribution >= 4 is 49.5 Å². The molecule has 23 heteroatoms. The fourth-order valence-electron chi connectivity index (χ4n) is 5.92. The largest absolute Gasteiger partial charge is 0.495 e. The monoisotopic (exact) mass is 1050 g/mol. The molecule has 2 aromatic carbocycles. The molecule has 0 saturated carbocycles. The third-order valence-corrected chi connectivity index (χ3v) is 10.2. The first-order chi connectivity index (χ1) is 32.4. The summed E-state index contributed by atoms with van der Waals surface area (Å²) in [6.07, 6.45) is 3.27. The highest BCUT2D eigenvalue weighted by atomic mass is 79.9. The highest BCUT2D eigenvalue weighted by molar-refractivity contribution is 9.10. The number of aromatic amines is 1. The highest BCUT2D eigenvalue weighted by Gasteiger charge is 2.30. The zero-order valence-corrected chi connectivity index (χ0v) is 38.6. The molecule has 0 bridgehead atoms. The molecule has 0 saturated heterocycles. The van der Waals surface area contributed by atoms with Crippen molar-refractivity contribution in [2.24, 2.45) is 0 Å². The van der Waals surface area contributed by atoms with Crippen molar-refractivity contribution in [1.29, 1.82) is 0 Å². The summed E-state index contributed by atoms with van der Waals surface area (Å²) in [7, 11) is 3.18. The second-order valence-electron chi connectivity index (χ2n) is 13.7. The molecule has 0 radical (unpaired) electrons. The summed E-state index contributed by atoms with van der Waals surface area (Å²) in [6.45, 7) is -0.485. The van der Waals surface area contributed by atoms with Gasteiger partial charge in [0.2, 0.25) is 0 Å². The Kier molecular flexibility index (Phi) is 17.1. The molecule has 0 unspecified atom stereocenters. The van der Waals surface area contributed by atoms with E-state index >= 15 is 0 Å². The van der Waals surface area contributed by atoms with Gasteiger partial charge in [-0.3, -0.25) is 38.8 Å². The quantitative estimate of drug-likeness (QED) is 0.159. The maximum absolute atomic E-state index is 12.9. The van der Waals surface area contributed by atoms with Gasteiger partial charge in [-0.15, -0.1) is 5.10 Å². The third kappa shape index (κ3) is 13.4. The Balaban J connectivity index is 0.000000167. The topological polar surface area (TPSA) is 228 Å². The molecule has 9 rings (SSSR count). The minimum atomic E-state index is -1.06. The highest BCUT2D eigenvalue weighted by Crippen LogP contribution is 2.30. The number of nitrogens with one attached hydrogen (secondary N) is 2. The Morgan fingerprint density at radius 3 is 1.70 bits per heavy atom. The number of alkyl halides is 2. The van der Waals surface area contributed by atoms with Crippen LogP contribution in [0.5, 0.6) is 23.0 Å². The molecule has 7 heterocycles. The van der Waals surface area contributed by atoms with E-state index in [1.54, 1.807) is 69.1 Å². The van der Waals surface area contributed by atoms with E-state index in [1.165, 1.54) is 35.2 Å². The first-order valence-electron chi connectivity index (χ1n) is 19.6. The van der Waals surface area contributed by atoms with E-state index in [0.29, 0.717) is 44.1 Å². The van der Waals surface area contributed by atoms with Crippen LogP contribution in [-0.2, 0) is 39.9 Å². The smallest absolute Gasteiger partial charge is 0.269 e. The van der Waals surface area contributed by atoms with Crippen molar-refractivity contribution in [3.8, 4) is 23.0 Å². The lowest BCUT2D eigenvalue weighted by atomic mass is 10.1. The van der Waals surface area contributed by atoms with Crippen molar-refractivity contribution in [2.75, 3.05) is 19.1 Å². The number of fused-ring (bicyclic) bond motifs is 2. The van der Waals surface area contributed by atoms with Gasteiger partial charge >= 0.3 is 0 Å². The minimum Gasteiger partial charge on any atom is -0.495 e. The molecule has 2 aliphatic heterocycles. The molecule has 2 amide bonds. The Morgan fingerprint density at radius 2 is 1.18 bits per heavy atom. The number of pyridine rings is 2. The Hall–Kier alpha value is -7.66. The summed E-state index contributed by atoms with van der Waals surface area (Å²) in [5.74, 6) is 2.64. The number of carbonyl (C=O) groups excluding carboxylic acids is 2. The number of anilines is 1. The average molecular weight is 1050 g/mol. The summed E-state index contributed by atoms with van der Waals surface area (Å²) in [5.41, 5.74) is 3.33. The van der Waals surface area contributed by atoms with Crippen LogP contribution in [0, 0.1) is 0 Å². The third-order valence-electron chi connectivity index (χ3n) is 9.32. The van der Waals surface area contributed by atoms with Crippen molar-refractivity contribution in [1.82, 2.24) is 45.0 Å². The van der Waals surface area contributed by atoms with Gasteiger partial charge in [-0.2, -0.15) is 19.6 Å². The van der Waals surface area contributed by atoms with Crippen LogP contribution < -0.4 is 45.8 Å².